The van der Waals surface area contributed by atoms with E-state index in [-0.39, 0.29) is 5.41 Å². The third-order valence-corrected chi connectivity index (χ3v) is 3.75. The number of nitrogens with one attached hydrogen (secondary N) is 2. The van der Waals surface area contributed by atoms with E-state index in [2.05, 4.69) is 24.5 Å². The number of carboxylic acids is 1. The van der Waals surface area contributed by atoms with Crippen LogP contribution in [0.3, 0.4) is 0 Å². The minimum atomic E-state index is -1.28. The Morgan fingerprint density at radius 3 is 2.17 bits per heavy atom. The zero-order valence-electron chi connectivity index (χ0n) is 11.1. The Balaban J connectivity index is 2.40. The summed E-state index contributed by atoms with van der Waals surface area (Å²) in [4.78, 5) is 22.4. The van der Waals surface area contributed by atoms with Crippen LogP contribution in [-0.4, -0.2) is 40.9 Å². The maximum atomic E-state index is 11.6. The summed E-state index contributed by atoms with van der Waals surface area (Å²) in [6, 6.07) is -1.82. The molecule has 0 aromatic carbocycles. The number of aliphatic hydroxyl groups is 1. The SMILES string of the molecule is CC(O)C(NC(=O)NCC1(C(C)C)CC1)C(=O)O. The van der Waals surface area contributed by atoms with Gasteiger partial charge in [0.05, 0.1) is 6.10 Å². The molecular weight excluding hydrogens is 236 g/mol. The first-order valence-electron chi connectivity index (χ1n) is 6.24. The molecule has 0 radical (unpaired) electrons. The topological polar surface area (TPSA) is 98.7 Å². The summed E-state index contributed by atoms with van der Waals surface area (Å²) in [6.07, 6.45) is 1.04. The highest BCUT2D eigenvalue weighted by atomic mass is 16.4. The van der Waals surface area contributed by atoms with Gasteiger partial charge in [-0.15, -0.1) is 0 Å². The van der Waals surface area contributed by atoms with Crippen molar-refractivity contribution in [2.24, 2.45) is 11.3 Å². The Bertz CT molecular complexity index is 324. The second-order valence-corrected chi connectivity index (χ2v) is 5.40. The quantitative estimate of drug-likeness (QED) is 0.559. The minimum absolute atomic E-state index is 0.168. The Kier molecular flexibility index (Phi) is 4.56. The molecule has 0 spiro atoms. The number of hydrogen-bond donors (Lipinski definition) is 4. The van der Waals surface area contributed by atoms with E-state index in [4.69, 9.17) is 5.11 Å². The highest BCUT2D eigenvalue weighted by Gasteiger charge is 2.45. The van der Waals surface area contributed by atoms with Crippen LogP contribution in [0.25, 0.3) is 0 Å². The normalized spacial score (nSPS) is 20.1. The molecule has 0 heterocycles. The Hall–Kier alpha value is -1.30. The third-order valence-electron chi connectivity index (χ3n) is 3.75. The molecule has 104 valence electrons. The lowest BCUT2D eigenvalue weighted by molar-refractivity contribution is -0.141. The summed E-state index contributed by atoms with van der Waals surface area (Å²) < 4.78 is 0. The molecule has 6 nitrogen and oxygen atoms in total. The van der Waals surface area contributed by atoms with E-state index in [1.165, 1.54) is 6.92 Å². The van der Waals surface area contributed by atoms with Gasteiger partial charge in [-0.2, -0.15) is 0 Å². The summed E-state index contributed by atoms with van der Waals surface area (Å²) in [5.74, 6) is -0.755. The number of rotatable bonds is 6. The molecule has 2 amide bonds. The van der Waals surface area contributed by atoms with Crippen molar-refractivity contribution in [3.8, 4) is 0 Å². The van der Waals surface area contributed by atoms with E-state index in [0.717, 1.165) is 12.8 Å². The summed E-state index contributed by atoms with van der Waals surface area (Å²) in [7, 11) is 0. The highest BCUT2D eigenvalue weighted by molar-refractivity contribution is 5.82. The van der Waals surface area contributed by atoms with Crippen molar-refractivity contribution in [1.82, 2.24) is 10.6 Å². The molecular formula is C12H22N2O4. The summed E-state index contributed by atoms with van der Waals surface area (Å²) >= 11 is 0. The summed E-state index contributed by atoms with van der Waals surface area (Å²) in [5, 5.41) is 23.0. The fourth-order valence-electron chi connectivity index (χ4n) is 1.96. The molecule has 0 aromatic heterocycles. The lowest BCUT2D eigenvalue weighted by Crippen LogP contribution is -2.52. The van der Waals surface area contributed by atoms with E-state index >= 15 is 0 Å². The van der Waals surface area contributed by atoms with Gasteiger partial charge in [0, 0.05) is 6.54 Å². The first-order chi connectivity index (χ1) is 8.28. The molecule has 2 atom stereocenters. The molecule has 1 saturated carbocycles. The number of carbonyl (C=O) groups is 2. The van der Waals surface area contributed by atoms with Crippen molar-refractivity contribution in [3.63, 3.8) is 0 Å². The van der Waals surface area contributed by atoms with Gasteiger partial charge >= 0.3 is 12.0 Å². The Labute approximate surface area is 107 Å². The predicted molar refractivity (Wildman–Crippen MR) is 66.1 cm³/mol. The molecule has 1 rings (SSSR count). The number of hydrogen-bond acceptors (Lipinski definition) is 3. The fraction of sp³-hybridized carbons (Fsp3) is 0.833. The van der Waals surface area contributed by atoms with Crippen molar-refractivity contribution in [2.45, 2.75) is 45.8 Å². The second-order valence-electron chi connectivity index (χ2n) is 5.40. The van der Waals surface area contributed by atoms with Crippen LogP contribution in [0.2, 0.25) is 0 Å². The van der Waals surface area contributed by atoms with Crippen LogP contribution in [0.4, 0.5) is 4.79 Å². The van der Waals surface area contributed by atoms with Gasteiger partial charge < -0.3 is 20.8 Å². The number of urea groups is 1. The molecule has 2 unspecified atom stereocenters. The van der Waals surface area contributed by atoms with Gasteiger partial charge in [0.25, 0.3) is 0 Å². The first kappa shape index (κ1) is 14.8. The summed E-state index contributed by atoms with van der Waals surface area (Å²) in [5.41, 5.74) is 0.168. The molecule has 18 heavy (non-hydrogen) atoms. The second kappa shape index (κ2) is 5.56. The van der Waals surface area contributed by atoms with Crippen LogP contribution in [-0.2, 0) is 4.79 Å². The average Bonchev–Trinajstić information content (AvgIpc) is 3.03. The van der Waals surface area contributed by atoms with Crippen molar-refractivity contribution in [3.05, 3.63) is 0 Å². The largest absolute Gasteiger partial charge is 0.480 e. The third kappa shape index (κ3) is 3.60. The fourth-order valence-corrected chi connectivity index (χ4v) is 1.96. The van der Waals surface area contributed by atoms with Crippen LogP contribution in [0.15, 0.2) is 0 Å². The number of carboxylic acid groups (broad SMARTS) is 1. The number of aliphatic hydroxyl groups excluding tert-OH is 1. The van der Waals surface area contributed by atoms with Gasteiger partial charge in [-0.25, -0.2) is 9.59 Å². The zero-order valence-corrected chi connectivity index (χ0v) is 11.1. The molecule has 0 aromatic rings. The van der Waals surface area contributed by atoms with Crippen molar-refractivity contribution < 1.29 is 19.8 Å². The number of amides is 2. The van der Waals surface area contributed by atoms with E-state index in [0.29, 0.717) is 12.5 Å². The molecule has 1 aliphatic carbocycles. The van der Waals surface area contributed by atoms with Crippen molar-refractivity contribution in [2.75, 3.05) is 6.54 Å². The summed E-state index contributed by atoms with van der Waals surface area (Å²) in [6.45, 7) is 6.10. The molecule has 1 fully saturated rings. The van der Waals surface area contributed by atoms with Crippen molar-refractivity contribution in [1.29, 1.82) is 0 Å². The lowest BCUT2D eigenvalue weighted by Gasteiger charge is -2.22. The number of aliphatic carboxylic acids is 1. The van der Waals surface area contributed by atoms with Gasteiger partial charge in [0.2, 0.25) is 0 Å². The van der Waals surface area contributed by atoms with Crippen LogP contribution in [0, 0.1) is 11.3 Å². The van der Waals surface area contributed by atoms with Crippen LogP contribution in [0.1, 0.15) is 33.6 Å². The van der Waals surface area contributed by atoms with Gasteiger partial charge in [-0.3, -0.25) is 0 Å². The van der Waals surface area contributed by atoms with Gasteiger partial charge in [-0.1, -0.05) is 13.8 Å². The first-order valence-corrected chi connectivity index (χ1v) is 6.24. The minimum Gasteiger partial charge on any atom is -0.480 e. The average molecular weight is 258 g/mol. The highest BCUT2D eigenvalue weighted by Crippen LogP contribution is 2.51. The van der Waals surface area contributed by atoms with E-state index < -0.39 is 24.1 Å². The predicted octanol–water partition coefficient (Wildman–Crippen LogP) is 0.556. The van der Waals surface area contributed by atoms with E-state index in [1.807, 2.05) is 0 Å². The van der Waals surface area contributed by atoms with Crippen LogP contribution in [0.5, 0.6) is 0 Å². The van der Waals surface area contributed by atoms with E-state index in [9.17, 15) is 14.7 Å². The lowest BCUT2D eigenvalue weighted by atomic mass is 9.92. The maximum absolute atomic E-state index is 11.6. The van der Waals surface area contributed by atoms with Gasteiger partial charge in [-0.05, 0) is 31.1 Å². The molecule has 4 N–H and O–H groups in total. The van der Waals surface area contributed by atoms with Crippen molar-refractivity contribution >= 4 is 12.0 Å². The molecule has 0 saturated heterocycles. The Morgan fingerprint density at radius 1 is 1.28 bits per heavy atom. The van der Waals surface area contributed by atoms with E-state index in [1.54, 1.807) is 0 Å². The van der Waals surface area contributed by atoms with Crippen LogP contribution >= 0.6 is 0 Å². The van der Waals surface area contributed by atoms with Gasteiger partial charge in [0.1, 0.15) is 0 Å². The molecule has 0 aliphatic heterocycles. The number of carbonyl (C=O) groups excluding carboxylic acids is 1. The smallest absolute Gasteiger partial charge is 0.328 e. The standard InChI is InChI=1S/C12H22N2O4/c1-7(2)12(4-5-12)6-13-11(18)14-9(8(3)15)10(16)17/h7-9,15H,4-6H2,1-3H3,(H,16,17)(H2,13,14,18). The zero-order chi connectivity index (χ0) is 13.9. The maximum Gasteiger partial charge on any atom is 0.328 e. The van der Waals surface area contributed by atoms with Gasteiger partial charge in [0.15, 0.2) is 6.04 Å². The van der Waals surface area contributed by atoms with Crippen LogP contribution < -0.4 is 10.6 Å². The Morgan fingerprint density at radius 2 is 1.83 bits per heavy atom. The molecule has 1 aliphatic rings. The monoisotopic (exact) mass is 258 g/mol. The molecule has 0 bridgehead atoms. The molecule has 6 heteroatoms.